The van der Waals surface area contributed by atoms with Crippen LogP contribution in [0.15, 0.2) is 24.3 Å². The number of unbranched alkanes of at least 4 members (excludes halogenated alkanes) is 8. The molecule has 0 radical (unpaired) electrons. The quantitative estimate of drug-likeness (QED) is 0.540. The highest BCUT2D eigenvalue weighted by Crippen LogP contribution is 2.14. The minimum atomic E-state index is 0.352. The lowest BCUT2D eigenvalue weighted by Crippen LogP contribution is -1.87. The molecule has 1 aromatic rings. The Morgan fingerprint density at radius 2 is 1.16 bits per heavy atom. The van der Waals surface area contributed by atoms with E-state index in [1.165, 1.54) is 63.4 Å². The van der Waals surface area contributed by atoms with E-state index in [1.807, 2.05) is 12.1 Å². The lowest BCUT2D eigenvalue weighted by atomic mass is 10.0. The zero-order chi connectivity index (χ0) is 13.8. The molecule has 19 heavy (non-hydrogen) atoms. The van der Waals surface area contributed by atoms with Crippen molar-refractivity contribution in [3.8, 4) is 0 Å². The summed E-state index contributed by atoms with van der Waals surface area (Å²) < 4.78 is 0. The lowest BCUT2D eigenvalue weighted by molar-refractivity contribution is 0.282. The van der Waals surface area contributed by atoms with E-state index in [-0.39, 0.29) is 0 Å². The van der Waals surface area contributed by atoms with E-state index >= 15 is 0 Å². The Labute approximate surface area is 123 Å². The standard InChI is InChI=1S/C17H27ClO/c18-17-13-11-16(12-14-17)10-8-6-4-2-1-3-5-7-9-15-19/h11-14,19H,1-10,15H2. The first-order valence-electron chi connectivity index (χ1n) is 7.68. The summed E-state index contributed by atoms with van der Waals surface area (Å²) in [6.07, 6.45) is 12.6. The van der Waals surface area contributed by atoms with E-state index in [4.69, 9.17) is 16.7 Å². The highest BCUT2D eigenvalue weighted by atomic mass is 35.5. The van der Waals surface area contributed by atoms with Crippen LogP contribution >= 0.6 is 11.6 Å². The van der Waals surface area contributed by atoms with E-state index in [0.29, 0.717) is 6.61 Å². The summed E-state index contributed by atoms with van der Waals surface area (Å²) in [5.41, 5.74) is 1.40. The summed E-state index contributed by atoms with van der Waals surface area (Å²) in [6.45, 7) is 0.352. The Bertz CT molecular complexity index is 308. The van der Waals surface area contributed by atoms with Crippen molar-refractivity contribution >= 4 is 11.6 Å². The third-order valence-electron chi connectivity index (χ3n) is 3.54. The van der Waals surface area contributed by atoms with Gasteiger partial charge in [0.2, 0.25) is 0 Å². The number of aliphatic hydroxyl groups is 1. The lowest BCUT2D eigenvalue weighted by Gasteiger charge is -2.03. The first kappa shape index (κ1) is 16.5. The van der Waals surface area contributed by atoms with Gasteiger partial charge < -0.3 is 5.11 Å². The van der Waals surface area contributed by atoms with Gasteiger partial charge in [-0.3, -0.25) is 0 Å². The Hall–Kier alpha value is -0.530. The summed E-state index contributed by atoms with van der Waals surface area (Å²) in [7, 11) is 0. The molecular weight excluding hydrogens is 256 g/mol. The molecule has 1 nitrogen and oxygen atoms in total. The van der Waals surface area contributed by atoms with Crippen LogP contribution in [0.2, 0.25) is 5.02 Å². The summed E-state index contributed by atoms with van der Waals surface area (Å²) in [5.74, 6) is 0. The van der Waals surface area contributed by atoms with Crippen molar-refractivity contribution in [1.82, 2.24) is 0 Å². The summed E-state index contributed by atoms with van der Waals surface area (Å²) in [4.78, 5) is 0. The maximum atomic E-state index is 8.67. The van der Waals surface area contributed by atoms with Crippen LogP contribution in [0.3, 0.4) is 0 Å². The average molecular weight is 283 g/mol. The molecule has 0 heterocycles. The van der Waals surface area contributed by atoms with Crippen LogP contribution in [0.5, 0.6) is 0 Å². The van der Waals surface area contributed by atoms with Gasteiger partial charge in [0.05, 0.1) is 0 Å². The number of hydrogen-bond donors (Lipinski definition) is 1. The van der Waals surface area contributed by atoms with Crippen molar-refractivity contribution in [2.45, 2.75) is 64.2 Å². The molecule has 1 N–H and O–H groups in total. The van der Waals surface area contributed by atoms with Crippen molar-refractivity contribution in [2.75, 3.05) is 6.61 Å². The maximum Gasteiger partial charge on any atom is 0.0431 e. The molecule has 0 saturated carbocycles. The van der Waals surface area contributed by atoms with Crippen LogP contribution in [-0.4, -0.2) is 11.7 Å². The number of aryl methyl sites for hydroxylation is 1. The number of aliphatic hydroxyl groups excluding tert-OH is 1. The molecule has 0 aliphatic rings. The molecule has 0 bridgehead atoms. The Balaban J connectivity index is 1.87. The van der Waals surface area contributed by atoms with Crippen molar-refractivity contribution in [3.63, 3.8) is 0 Å². The van der Waals surface area contributed by atoms with Gasteiger partial charge in [-0.1, -0.05) is 68.7 Å². The summed E-state index contributed by atoms with van der Waals surface area (Å²) in [6, 6.07) is 8.21. The Morgan fingerprint density at radius 3 is 1.68 bits per heavy atom. The molecule has 1 rings (SSSR count). The van der Waals surface area contributed by atoms with E-state index in [0.717, 1.165) is 11.4 Å². The number of hydrogen-bond acceptors (Lipinski definition) is 1. The molecule has 0 spiro atoms. The fourth-order valence-electron chi connectivity index (χ4n) is 2.33. The molecule has 2 heteroatoms. The number of benzene rings is 1. The Morgan fingerprint density at radius 1 is 0.684 bits per heavy atom. The van der Waals surface area contributed by atoms with Gasteiger partial charge in [-0.15, -0.1) is 0 Å². The number of rotatable bonds is 11. The maximum absolute atomic E-state index is 8.67. The van der Waals surface area contributed by atoms with Gasteiger partial charge >= 0.3 is 0 Å². The van der Waals surface area contributed by atoms with Crippen LogP contribution in [0.1, 0.15) is 63.4 Å². The van der Waals surface area contributed by atoms with E-state index in [9.17, 15) is 0 Å². The van der Waals surface area contributed by atoms with Gasteiger partial charge in [0.15, 0.2) is 0 Å². The normalized spacial score (nSPS) is 10.8. The minimum Gasteiger partial charge on any atom is -0.396 e. The van der Waals surface area contributed by atoms with Gasteiger partial charge in [0.25, 0.3) is 0 Å². The van der Waals surface area contributed by atoms with Gasteiger partial charge in [-0.05, 0) is 37.0 Å². The minimum absolute atomic E-state index is 0.352. The highest BCUT2D eigenvalue weighted by molar-refractivity contribution is 6.30. The second kappa shape index (κ2) is 11.3. The zero-order valence-corrected chi connectivity index (χ0v) is 12.7. The predicted molar refractivity (Wildman–Crippen MR) is 83.8 cm³/mol. The van der Waals surface area contributed by atoms with Crippen LogP contribution in [0.4, 0.5) is 0 Å². The smallest absolute Gasteiger partial charge is 0.0431 e. The van der Waals surface area contributed by atoms with Gasteiger partial charge in [0.1, 0.15) is 0 Å². The fraction of sp³-hybridized carbons (Fsp3) is 0.647. The highest BCUT2D eigenvalue weighted by Gasteiger charge is 1.95. The Kier molecular flexibility index (Phi) is 9.84. The second-order valence-electron chi connectivity index (χ2n) is 5.28. The van der Waals surface area contributed by atoms with E-state index in [1.54, 1.807) is 0 Å². The molecule has 0 saturated heterocycles. The molecule has 0 aliphatic heterocycles. The molecule has 1 aromatic carbocycles. The van der Waals surface area contributed by atoms with Gasteiger partial charge in [0, 0.05) is 11.6 Å². The van der Waals surface area contributed by atoms with E-state index in [2.05, 4.69) is 12.1 Å². The van der Waals surface area contributed by atoms with Crippen LogP contribution in [-0.2, 0) is 6.42 Å². The summed E-state index contributed by atoms with van der Waals surface area (Å²) in [5, 5.41) is 9.49. The molecule has 0 aromatic heterocycles. The predicted octanol–water partition coefficient (Wildman–Crippen LogP) is 5.39. The third kappa shape index (κ3) is 9.07. The van der Waals surface area contributed by atoms with E-state index < -0.39 is 0 Å². The first-order chi connectivity index (χ1) is 9.33. The molecule has 0 atom stereocenters. The number of halogens is 1. The second-order valence-corrected chi connectivity index (χ2v) is 5.72. The van der Waals surface area contributed by atoms with Crippen molar-refractivity contribution in [2.24, 2.45) is 0 Å². The van der Waals surface area contributed by atoms with Crippen LogP contribution in [0, 0.1) is 0 Å². The van der Waals surface area contributed by atoms with Crippen LogP contribution < -0.4 is 0 Å². The molecule has 108 valence electrons. The molecular formula is C17H27ClO. The zero-order valence-electron chi connectivity index (χ0n) is 11.9. The molecule has 0 fully saturated rings. The fourth-order valence-corrected chi connectivity index (χ4v) is 2.46. The molecule has 0 amide bonds. The van der Waals surface area contributed by atoms with Gasteiger partial charge in [-0.2, -0.15) is 0 Å². The topological polar surface area (TPSA) is 20.2 Å². The summed E-state index contributed by atoms with van der Waals surface area (Å²) >= 11 is 5.86. The SMILES string of the molecule is OCCCCCCCCCCCc1ccc(Cl)cc1. The van der Waals surface area contributed by atoms with Crippen molar-refractivity contribution < 1.29 is 5.11 Å². The molecule has 0 unspecified atom stereocenters. The van der Waals surface area contributed by atoms with Crippen LogP contribution in [0.25, 0.3) is 0 Å². The van der Waals surface area contributed by atoms with Crippen molar-refractivity contribution in [1.29, 1.82) is 0 Å². The van der Waals surface area contributed by atoms with Gasteiger partial charge in [-0.25, -0.2) is 0 Å². The monoisotopic (exact) mass is 282 g/mol. The van der Waals surface area contributed by atoms with Crippen molar-refractivity contribution in [3.05, 3.63) is 34.9 Å². The average Bonchev–Trinajstić information content (AvgIpc) is 2.43. The molecule has 0 aliphatic carbocycles. The third-order valence-corrected chi connectivity index (χ3v) is 3.79. The largest absolute Gasteiger partial charge is 0.396 e. The first-order valence-corrected chi connectivity index (χ1v) is 8.06.